The van der Waals surface area contributed by atoms with Crippen LogP contribution in [0.15, 0.2) is 179 Å². The van der Waals surface area contributed by atoms with Gasteiger partial charge in [0.1, 0.15) is 50.2 Å². The van der Waals surface area contributed by atoms with E-state index in [1.165, 1.54) is 62.6 Å². The molecule has 120 heavy (non-hydrogen) atoms. The minimum atomic E-state index is -3.75. The molecular weight excluding hydrogens is 1670 g/mol. The van der Waals surface area contributed by atoms with Gasteiger partial charge in [-0.1, -0.05) is 66.5 Å². The van der Waals surface area contributed by atoms with Crippen molar-refractivity contribution in [2.45, 2.75) is 97.2 Å². The van der Waals surface area contributed by atoms with Gasteiger partial charge in [-0.3, -0.25) is 28.8 Å². The van der Waals surface area contributed by atoms with Crippen molar-refractivity contribution in [3.05, 3.63) is 290 Å². The van der Waals surface area contributed by atoms with E-state index in [1.807, 2.05) is 6.07 Å². The van der Waals surface area contributed by atoms with Crippen molar-refractivity contribution in [3.8, 4) is 33.4 Å². The van der Waals surface area contributed by atoms with E-state index < -0.39 is 109 Å². The second-order valence-corrected chi connectivity index (χ2v) is 37.4. The third-order valence-corrected chi connectivity index (χ3v) is 27.1. The number of carbonyl (C=O) groups is 3. The van der Waals surface area contributed by atoms with Crippen LogP contribution in [0.3, 0.4) is 0 Å². The van der Waals surface area contributed by atoms with Crippen LogP contribution in [-0.2, 0) is 62.4 Å². The summed E-state index contributed by atoms with van der Waals surface area (Å²) < 4.78 is 125. The van der Waals surface area contributed by atoms with Crippen molar-refractivity contribution < 1.29 is 63.0 Å². The summed E-state index contributed by atoms with van der Waals surface area (Å²) in [5, 5.41) is 21.7. The molecule has 2 fully saturated rings. The van der Waals surface area contributed by atoms with E-state index in [-0.39, 0.29) is 106 Å². The highest BCUT2D eigenvalue weighted by atomic mass is 35.5. The number of sulfone groups is 3. The van der Waals surface area contributed by atoms with E-state index in [1.54, 1.807) is 130 Å². The van der Waals surface area contributed by atoms with Crippen LogP contribution >= 0.6 is 34.8 Å². The molecule has 24 nitrogen and oxygen atoms in total. The summed E-state index contributed by atoms with van der Waals surface area (Å²) in [6, 6.07) is 37.3. The molecule has 2 saturated carbocycles. The largest absolute Gasteiger partial charge is 0.392 e. The Kier molecular flexibility index (Phi) is 23.7. The number of benzene rings is 5. The van der Waals surface area contributed by atoms with Gasteiger partial charge in [-0.25, -0.2) is 58.4 Å². The lowest BCUT2D eigenvalue weighted by Crippen LogP contribution is -2.23. The van der Waals surface area contributed by atoms with Crippen molar-refractivity contribution in [1.82, 2.24) is 48.6 Å². The molecule has 0 bridgehead atoms. The summed E-state index contributed by atoms with van der Waals surface area (Å²) in [6.45, 7) is 4.28. The second-order valence-electron chi connectivity index (χ2n) is 29.6. The topological polar surface area (TPSA) is 359 Å². The number of Topliss-reactive ketones (excluding diaryl/α,β-unsaturated/α-hetero) is 3. The lowest BCUT2D eigenvalue weighted by Gasteiger charge is -2.14. The first-order chi connectivity index (χ1) is 56.7. The number of H-pyrrole nitrogens is 3. The number of nitrogens with one attached hydrogen (secondary N) is 3. The van der Waals surface area contributed by atoms with Crippen molar-refractivity contribution in [2.24, 2.45) is 0 Å². The average Bonchev–Trinajstić information content (AvgIpc) is 1.59. The molecule has 0 unspecified atom stereocenters. The zero-order valence-corrected chi connectivity index (χ0v) is 68.4. The SMILES string of the molecule is C.Cc1cc2c(-c3ccc[nH]c3=O)c(C(=O)CS(=O)(=O)C3CC3)n(Cc3cc4ccc(CO)cc4nc3Cl)c2cc1F.Cc1cc2c(-c3ccc[nH]c3=O)c(C(=O)CS(=O)(=O)C3CC3)n(Cc3cc4cccnc4nc3Cl)c2cc1F.Cc1cc2c(-c3ccc[nH]c3=O)c(C(=O)CS(C)(=O)=O)n(Cc3cc4ccc(CO)cc4nc3Cl)c2cc1F. The Morgan fingerprint density at radius 3 is 1.13 bits per heavy atom. The summed E-state index contributed by atoms with van der Waals surface area (Å²) in [4.78, 5) is 106. The molecule has 2 aliphatic rings. The number of ketones is 3. The number of hydrogen-bond acceptors (Lipinski definition) is 18. The Morgan fingerprint density at radius 1 is 0.458 bits per heavy atom. The Morgan fingerprint density at radius 2 is 0.800 bits per heavy atom. The Hall–Kier alpha value is -11.6. The van der Waals surface area contributed by atoms with Crippen LogP contribution in [0.4, 0.5) is 13.2 Å². The highest BCUT2D eigenvalue weighted by molar-refractivity contribution is 7.93. The molecule has 0 amide bonds. The fourth-order valence-corrected chi connectivity index (χ4v) is 19.3. The summed E-state index contributed by atoms with van der Waals surface area (Å²) in [6.07, 6.45) is 8.94. The van der Waals surface area contributed by atoms with Crippen LogP contribution in [0.5, 0.6) is 0 Å². The minimum absolute atomic E-state index is 0. The summed E-state index contributed by atoms with van der Waals surface area (Å²) in [7, 11) is -11.2. The maximum absolute atomic E-state index is 15.0. The van der Waals surface area contributed by atoms with Gasteiger partial charge in [-0.2, -0.15) is 0 Å². The predicted octanol–water partition coefficient (Wildman–Crippen LogP) is 14.8. The lowest BCUT2D eigenvalue weighted by atomic mass is 10.0. The van der Waals surface area contributed by atoms with Gasteiger partial charge < -0.3 is 38.9 Å². The smallest absolute Gasteiger partial charge is 0.255 e. The van der Waals surface area contributed by atoms with Gasteiger partial charge in [-0.15, -0.1) is 0 Å². The third-order valence-electron chi connectivity index (χ3n) is 21.0. The third kappa shape index (κ3) is 17.0. The Labute approximate surface area is 698 Å². The van der Waals surface area contributed by atoms with Crippen molar-refractivity contribution in [2.75, 3.05) is 23.5 Å². The molecule has 0 radical (unpaired) electrons. The molecule has 5 N–H and O–H groups in total. The maximum atomic E-state index is 15.0. The molecule has 5 aromatic carbocycles. The average molecular weight is 1740 g/mol. The van der Waals surface area contributed by atoms with E-state index in [0.29, 0.717) is 130 Å². The predicted molar refractivity (Wildman–Crippen MR) is 458 cm³/mol. The fourth-order valence-electron chi connectivity index (χ4n) is 14.9. The monoisotopic (exact) mass is 1740 g/mol. The molecule has 616 valence electrons. The quantitative estimate of drug-likeness (QED) is 0.0311. The molecule has 10 heterocycles. The lowest BCUT2D eigenvalue weighted by molar-refractivity contribution is 0.100. The first-order valence-electron chi connectivity index (χ1n) is 37.2. The molecule has 2 aliphatic carbocycles. The first-order valence-corrected chi connectivity index (χ1v) is 43.8. The molecular formula is C87H74Cl3F3N10O14S3. The van der Waals surface area contributed by atoms with Gasteiger partial charge in [0.25, 0.3) is 16.7 Å². The molecule has 17 rings (SSSR count). The molecule has 15 aromatic rings. The first kappa shape index (κ1) is 84.8. The van der Waals surface area contributed by atoms with Crippen molar-refractivity contribution in [3.63, 3.8) is 0 Å². The van der Waals surface area contributed by atoms with Crippen LogP contribution < -0.4 is 16.7 Å². The number of hydrogen-bond donors (Lipinski definition) is 5. The highest BCUT2D eigenvalue weighted by Crippen LogP contribution is 2.43. The van der Waals surface area contributed by atoms with Gasteiger partial charge >= 0.3 is 0 Å². The number of rotatable bonds is 22. The minimum Gasteiger partial charge on any atom is -0.392 e. The second kappa shape index (κ2) is 33.5. The van der Waals surface area contributed by atoms with Crippen LogP contribution in [0.25, 0.3) is 98.9 Å². The molecule has 0 atom stereocenters. The number of pyridine rings is 7. The fraction of sp³-hybridized carbons (Fsp3) is 0.218. The molecule has 0 spiro atoms. The summed E-state index contributed by atoms with van der Waals surface area (Å²) in [5.41, 5.74) is 5.89. The molecule has 0 aliphatic heterocycles. The van der Waals surface area contributed by atoms with Gasteiger partial charge in [0.15, 0.2) is 52.5 Å². The van der Waals surface area contributed by atoms with E-state index in [2.05, 4.69) is 34.9 Å². The van der Waals surface area contributed by atoms with Gasteiger partial charge in [0.05, 0.1) is 88.0 Å². The number of nitrogens with zero attached hydrogens (tertiary/aromatic N) is 7. The zero-order valence-electron chi connectivity index (χ0n) is 63.6. The Balaban J connectivity index is 0.000000147. The van der Waals surface area contributed by atoms with Crippen LogP contribution in [0.2, 0.25) is 15.5 Å². The zero-order chi connectivity index (χ0) is 84.6. The number of carbonyl (C=O) groups excluding carboxylic acids is 3. The van der Waals surface area contributed by atoms with Gasteiger partial charge in [0, 0.05) is 113 Å². The molecule has 0 saturated heterocycles. The number of fused-ring (bicyclic) bond motifs is 6. The van der Waals surface area contributed by atoms with E-state index in [9.17, 15) is 73.0 Å². The Bertz CT molecular complexity index is 7360. The summed E-state index contributed by atoms with van der Waals surface area (Å²) >= 11 is 19.7. The van der Waals surface area contributed by atoms with E-state index in [4.69, 9.17) is 34.8 Å². The standard InChI is InChI=1S/C30H25ClFN3O5S.C28H22ClFN4O4S.C28H23ClFN3O5S.CH4/c1-16-9-22-25(12-23(16)32)35(13-19-11-18-5-4-17(14-36)10-24(18)34-29(19)31)28(26(37)15-41(39,40)20-6-7-20)27(22)21-3-2-8-33-30(21)38;1-15-10-20-22(12-21(15)30)34(13-17-11-16-4-2-8-31-27(16)33-26(17)29)25(23(35)14-39(37,38)18-6-7-18)24(20)19-5-3-9-32-28(19)36;1-15-8-20-23(11-21(15)30)33(12-18-10-17-6-5-16(13-34)9-22(17)32-27(18)29)26(24(35)14-39(2,37)38)25(20)19-4-3-7-31-28(19)36;/h2-5,8-12,20,36H,6-7,13-15H2,1H3,(H,33,38);2-5,8-12,18H,6-7,13-14H2,1H3,(H,32,36);3-11,34H,12-14H2,1-2H3,(H,31,36);1H4. The molecule has 33 heteroatoms. The number of aryl methyl sites for hydroxylation is 3. The van der Waals surface area contributed by atoms with E-state index in [0.717, 1.165) is 11.6 Å². The summed E-state index contributed by atoms with van der Waals surface area (Å²) in [5.74, 6) is -5.95. The van der Waals surface area contributed by atoms with Gasteiger partial charge in [-0.05, 0) is 190 Å². The van der Waals surface area contributed by atoms with Crippen LogP contribution in [0.1, 0.15) is 109 Å². The number of aliphatic hydroxyl groups is 2. The van der Waals surface area contributed by atoms with Gasteiger partial charge in [0.2, 0.25) is 0 Å². The number of halogens is 6. The van der Waals surface area contributed by atoms with E-state index >= 15 is 4.39 Å². The number of aromatic nitrogens is 10. The van der Waals surface area contributed by atoms with Crippen LogP contribution in [-0.4, -0.2) is 135 Å². The molecule has 10 aromatic heterocycles. The number of aliphatic hydroxyl groups excluding tert-OH is 2. The van der Waals surface area contributed by atoms with Crippen LogP contribution in [0, 0.1) is 38.2 Å². The highest BCUT2D eigenvalue weighted by Gasteiger charge is 2.41. The maximum Gasteiger partial charge on any atom is 0.255 e. The normalized spacial score (nSPS) is 13.1. The number of aromatic amines is 3. The van der Waals surface area contributed by atoms with Crippen molar-refractivity contribution >= 4 is 147 Å². The van der Waals surface area contributed by atoms with Crippen molar-refractivity contribution in [1.29, 1.82) is 0 Å².